The third-order valence-electron chi connectivity index (χ3n) is 1.82. The van der Waals surface area contributed by atoms with Crippen molar-refractivity contribution < 1.29 is 0 Å². The lowest BCUT2D eigenvalue weighted by Gasteiger charge is -2.03. The van der Waals surface area contributed by atoms with Crippen molar-refractivity contribution in [2.75, 3.05) is 0 Å². The van der Waals surface area contributed by atoms with Gasteiger partial charge < -0.3 is 0 Å². The quantitative estimate of drug-likeness (QED) is 0.433. The molecule has 0 aromatic carbocycles. The molecule has 0 aliphatic rings. The van der Waals surface area contributed by atoms with E-state index in [0.717, 1.165) is 12.1 Å². The van der Waals surface area contributed by atoms with E-state index in [1.807, 2.05) is 20.1 Å². The highest BCUT2D eigenvalue weighted by Gasteiger charge is 1.96. The lowest BCUT2D eigenvalue weighted by Crippen LogP contribution is -1.85. The van der Waals surface area contributed by atoms with Gasteiger partial charge in [-0.3, -0.25) is 4.99 Å². The second kappa shape index (κ2) is 4.89. The molecule has 0 unspecified atom stereocenters. The maximum Gasteiger partial charge on any atom is 0.0400 e. The van der Waals surface area contributed by atoms with E-state index in [0.29, 0.717) is 0 Å². The Labute approximate surface area is 69.5 Å². The van der Waals surface area contributed by atoms with Gasteiger partial charge in [0.05, 0.1) is 0 Å². The number of nitrogens with zero attached hydrogens (tertiary/aromatic N) is 1. The van der Waals surface area contributed by atoms with E-state index >= 15 is 0 Å². The van der Waals surface area contributed by atoms with Crippen molar-refractivity contribution in [3.05, 3.63) is 23.4 Å². The molecule has 0 heterocycles. The molecule has 0 aromatic heterocycles. The van der Waals surface area contributed by atoms with Gasteiger partial charge in [-0.25, -0.2) is 0 Å². The van der Waals surface area contributed by atoms with Crippen LogP contribution < -0.4 is 0 Å². The Hall–Kier alpha value is -0.850. The monoisotopic (exact) mass is 151 g/mol. The Bertz CT molecular complexity index is 197. The molecule has 0 radical (unpaired) electrons. The minimum atomic E-state index is 1.00. The second-order valence-corrected chi connectivity index (χ2v) is 2.55. The smallest absolute Gasteiger partial charge is 0.0400 e. The van der Waals surface area contributed by atoms with Crippen molar-refractivity contribution in [2.24, 2.45) is 4.99 Å². The van der Waals surface area contributed by atoms with Gasteiger partial charge in [0.25, 0.3) is 0 Å². The molecule has 1 heteroatoms. The summed E-state index contributed by atoms with van der Waals surface area (Å²) in [6, 6.07) is 0. The molecular formula is C10H17N. The number of hydrogen-bond acceptors (Lipinski definition) is 1. The van der Waals surface area contributed by atoms with Crippen molar-refractivity contribution >= 4 is 6.21 Å². The Morgan fingerprint density at radius 3 is 2.36 bits per heavy atom. The van der Waals surface area contributed by atoms with Crippen LogP contribution in [0, 0.1) is 0 Å². The van der Waals surface area contributed by atoms with Crippen LogP contribution in [-0.2, 0) is 0 Å². The normalized spacial score (nSPS) is 13.5. The molecule has 0 aliphatic heterocycles. The molecule has 0 saturated heterocycles. The van der Waals surface area contributed by atoms with E-state index in [2.05, 4.69) is 25.4 Å². The highest BCUT2D eigenvalue weighted by Crippen LogP contribution is 2.15. The minimum Gasteiger partial charge on any atom is -0.266 e. The maximum absolute atomic E-state index is 4.19. The van der Waals surface area contributed by atoms with Crippen LogP contribution in [0.15, 0.2) is 28.4 Å². The zero-order chi connectivity index (χ0) is 8.85. The average Bonchev–Trinajstić information content (AvgIpc) is 2.02. The molecule has 0 N–H and O–H groups in total. The van der Waals surface area contributed by atoms with Crippen LogP contribution >= 0.6 is 0 Å². The van der Waals surface area contributed by atoms with Gasteiger partial charge in [0.2, 0.25) is 0 Å². The van der Waals surface area contributed by atoms with E-state index in [9.17, 15) is 0 Å². The number of rotatable bonds is 3. The fraction of sp³-hybridized carbons (Fsp3) is 0.500. The van der Waals surface area contributed by atoms with Crippen LogP contribution in [-0.4, -0.2) is 6.21 Å². The summed E-state index contributed by atoms with van der Waals surface area (Å²) < 4.78 is 0. The first-order valence-corrected chi connectivity index (χ1v) is 3.97. The molecule has 0 bridgehead atoms. The molecule has 0 amide bonds. The first-order chi connectivity index (χ1) is 5.13. The third-order valence-corrected chi connectivity index (χ3v) is 1.82. The fourth-order valence-corrected chi connectivity index (χ4v) is 0.811. The summed E-state index contributed by atoms with van der Waals surface area (Å²) >= 11 is 0. The van der Waals surface area contributed by atoms with Gasteiger partial charge >= 0.3 is 0 Å². The van der Waals surface area contributed by atoms with Crippen LogP contribution in [0.4, 0.5) is 0 Å². The third kappa shape index (κ3) is 3.17. The van der Waals surface area contributed by atoms with Crippen LogP contribution in [0.1, 0.15) is 34.1 Å². The van der Waals surface area contributed by atoms with Crippen LogP contribution in [0.2, 0.25) is 0 Å². The van der Waals surface area contributed by atoms with E-state index in [1.54, 1.807) is 0 Å². The molecular weight excluding hydrogens is 134 g/mol. The number of hydrogen-bond donors (Lipinski definition) is 0. The fourth-order valence-electron chi connectivity index (χ4n) is 0.811. The van der Waals surface area contributed by atoms with Crippen LogP contribution in [0.25, 0.3) is 0 Å². The molecule has 0 aromatic rings. The van der Waals surface area contributed by atoms with Gasteiger partial charge in [-0.1, -0.05) is 19.1 Å². The largest absolute Gasteiger partial charge is 0.266 e. The molecule has 62 valence electrons. The molecule has 11 heavy (non-hydrogen) atoms. The van der Waals surface area contributed by atoms with E-state index in [-0.39, 0.29) is 0 Å². The molecule has 0 saturated carbocycles. The minimum absolute atomic E-state index is 1.00. The highest BCUT2D eigenvalue weighted by molar-refractivity contribution is 5.55. The summed E-state index contributed by atoms with van der Waals surface area (Å²) in [6.45, 7) is 12.0. The zero-order valence-corrected chi connectivity index (χ0v) is 7.94. The van der Waals surface area contributed by atoms with Crippen molar-refractivity contribution in [1.29, 1.82) is 0 Å². The maximum atomic E-state index is 4.19. The Balaban J connectivity index is 4.51. The van der Waals surface area contributed by atoms with Gasteiger partial charge in [-0.15, -0.1) is 0 Å². The Kier molecular flexibility index (Phi) is 4.51. The highest BCUT2D eigenvalue weighted by atomic mass is 14.7. The molecule has 0 atom stereocenters. The summed E-state index contributed by atoms with van der Waals surface area (Å²) in [5.74, 6) is 0. The summed E-state index contributed by atoms with van der Waals surface area (Å²) in [6.07, 6.45) is 2.81. The summed E-state index contributed by atoms with van der Waals surface area (Å²) in [4.78, 5) is 4.19. The van der Waals surface area contributed by atoms with Gasteiger partial charge in [0.1, 0.15) is 0 Å². The summed E-state index contributed by atoms with van der Waals surface area (Å²) in [5.41, 5.74) is 3.46. The van der Waals surface area contributed by atoms with Gasteiger partial charge in [-0.05, 0) is 32.8 Å². The molecule has 0 aliphatic carbocycles. The van der Waals surface area contributed by atoms with E-state index in [1.165, 1.54) is 11.1 Å². The van der Waals surface area contributed by atoms with Crippen LogP contribution in [0.3, 0.4) is 0 Å². The van der Waals surface area contributed by atoms with E-state index in [4.69, 9.17) is 0 Å². The van der Waals surface area contributed by atoms with Crippen molar-refractivity contribution in [2.45, 2.75) is 34.1 Å². The summed E-state index contributed by atoms with van der Waals surface area (Å²) in [5, 5.41) is 0. The van der Waals surface area contributed by atoms with Crippen molar-refractivity contribution in [1.82, 2.24) is 0 Å². The average molecular weight is 151 g/mol. The first kappa shape index (κ1) is 10.2. The van der Waals surface area contributed by atoms with Crippen molar-refractivity contribution in [3.8, 4) is 0 Å². The number of allylic oxidation sites excluding steroid dienone is 3. The molecule has 0 fully saturated rings. The summed E-state index contributed by atoms with van der Waals surface area (Å²) in [7, 11) is 0. The molecule has 0 rings (SSSR count). The van der Waals surface area contributed by atoms with Gasteiger partial charge in [-0.2, -0.15) is 0 Å². The van der Waals surface area contributed by atoms with Gasteiger partial charge in [0, 0.05) is 11.9 Å². The SMILES string of the molecule is C=C(CC)/C(C)=C(/C)N=CC. The second-order valence-electron chi connectivity index (χ2n) is 2.55. The number of aliphatic imine (C=N–C) groups is 1. The lowest BCUT2D eigenvalue weighted by molar-refractivity contribution is 1.08. The molecule has 0 spiro atoms. The van der Waals surface area contributed by atoms with Crippen molar-refractivity contribution in [3.63, 3.8) is 0 Å². The Morgan fingerprint density at radius 1 is 1.45 bits per heavy atom. The predicted octanol–water partition coefficient (Wildman–Crippen LogP) is 3.34. The van der Waals surface area contributed by atoms with Gasteiger partial charge in [0.15, 0.2) is 0 Å². The predicted molar refractivity (Wildman–Crippen MR) is 52.0 cm³/mol. The Morgan fingerprint density at radius 2 is 2.00 bits per heavy atom. The molecule has 1 nitrogen and oxygen atoms in total. The standard InChI is InChI=1S/C10H17N/c1-6-8(3)9(4)10(5)11-7-2/h7H,3,6H2,1-2,4-5H3/b10-9-,11-7?. The lowest BCUT2D eigenvalue weighted by atomic mass is 10.1. The first-order valence-electron chi connectivity index (χ1n) is 3.97. The van der Waals surface area contributed by atoms with Crippen LogP contribution in [0.5, 0.6) is 0 Å². The van der Waals surface area contributed by atoms with E-state index < -0.39 is 0 Å². The topological polar surface area (TPSA) is 12.4 Å². The zero-order valence-electron chi connectivity index (χ0n) is 7.94.